The SMILES string of the molecule is C=CC(O)c1ccc[c]c1O. The maximum absolute atomic E-state index is 9.21. The van der Waals surface area contributed by atoms with Gasteiger partial charge in [0.2, 0.25) is 0 Å². The molecule has 1 atom stereocenters. The zero-order valence-corrected chi connectivity index (χ0v) is 5.99. The average molecular weight is 149 g/mol. The average Bonchev–Trinajstić information content (AvgIpc) is 2.04. The predicted octanol–water partition coefficient (Wildman–Crippen LogP) is 1.41. The molecule has 0 spiro atoms. The molecular formula is C9H9O2. The van der Waals surface area contributed by atoms with E-state index in [2.05, 4.69) is 12.6 Å². The van der Waals surface area contributed by atoms with Crippen LogP contribution in [0.15, 0.2) is 30.9 Å². The van der Waals surface area contributed by atoms with Gasteiger partial charge >= 0.3 is 0 Å². The highest BCUT2D eigenvalue weighted by Crippen LogP contribution is 2.22. The van der Waals surface area contributed by atoms with Gasteiger partial charge in [0.15, 0.2) is 0 Å². The summed E-state index contributed by atoms with van der Waals surface area (Å²) in [5, 5.41) is 18.4. The normalized spacial score (nSPS) is 12.5. The van der Waals surface area contributed by atoms with Crippen molar-refractivity contribution in [1.29, 1.82) is 0 Å². The van der Waals surface area contributed by atoms with E-state index in [0.717, 1.165) is 0 Å². The summed E-state index contributed by atoms with van der Waals surface area (Å²) in [5.74, 6) is -0.0279. The Hall–Kier alpha value is -1.28. The Morgan fingerprint density at radius 2 is 2.36 bits per heavy atom. The summed E-state index contributed by atoms with van der Waals surface area (Å²) in [6, 6.07) is 7.46. The van der Waals surface area contributed by atoms with Gasteiger partial charge in [-0.2, -0.15) is 0 Å². The minimum Gasteiger partial charge on any atom is -0.507 e. The third-order valence-corrected chi connectivity index (χ3v) is 1.41. The first kappa shape index (κ1) is 7.82. The van der Waals surface area contributed by atoms with Crippen LogP contribution in [0.4, 0.5) is 0 Å². The highest BCUT2D eigenvalue weighted by atomic mass is 16.3. The predicted molar refractivity (Wildman–Crippen MR) is 42.1 cm³/mol. The lowest BCUT2D eigenvalue weighted by Gasteiger charge is -2.05. The topological polar surface area (TPSA) is 40.5 Å². The number of aliphatic hydroxyl groups excluding tert-OH is 1. The molecule has 0 aromatic heterocycles. The lowest BCUT2D eigenvalue weighted by Crippen LogP contribution is -1.91. The first-order valence-corrected chi connectivity index (χ1v) is 3.26. The van der Waals surface area contributed by atoms with E-state index in [1.54, 1.807) is 18.2 Å². The first-order valence-electron chi connectivity index (χ1n) is 3.26. The molecule has 2 heteroatoms. The third kappa shape index (κ3) is 1.59. The van der Waals surface area contributed by atoms with E-state index in [1.165, 1.54) is 6.08 Å². The molecule has 1 rings (SSSR count). The van der Waals surface area contributed by atoms with Crippen molar-refractivity contribution in [2.75, 3.05) is 0 Å². The number of phenolic OH excluding ortho intramolecular Hbond substituents is 1. The summed E-state index contributed by atoms with van der Waals surface area (Å²) in [7, 11) is 0. The Kier molecular flexibility index (Phi) is 2.28. The summed E-state index contributed by atoms with van der Waals surface area (Å²) in [6.45, 7) is 3.40. The zero-order chi connectivity index (χ0) is 8.27. The van der Waals surface area contributed by atoms with Crippen molar-refractivity contribution in [3.63, 3.8) is 0 Å². The van der Waals surface area contributed by atoms with Gasteiger partial charge in [0, 0.05) is 11.6 Å². The number of phenols is 1. The van der Waals surface area contributed by atoms with Crippen LogP contribution in [0, 0.1) is 6.07 Å². The molecule has 1 unspecified atom stereocenters. The Labute approximate surface area is 65.4 Å². The number of para-hydroxylation sites is 1. The number of hydrogen-bond acceptors (Lipinski definition) is 2. The molecule has 2 N–H and O–H groups in total. The van der Waals surface area contributed by atoms with Gasteiger partial charge in [-0.3, -0.25) is 0 Å². The lowest BCUT2D eigenvalue weighted by molar-refractivity contribution is 0.224. The molecule has 2 nitrogen and oxygen atoms in total. The summed E-state index contributed by atoms with van der Waals surface area (Å²) >= 11 is 0. The second kappa shape index (κ2) is 3.21. The number of aliphatic hydroxyl groups is 1. The number of benzene rings is 1. The second-order valence-electron chi connectivity index (χ2n) is 2.15. The molecule has 0 fully saturated rings. The van der Waals surface area contributed by atoms with Gasteiger partial charge in [0.1, 0.15) is 11.9 Å². The van der Waals surface area contributed by atoms with Gasteiger partial charge in [-0.05, 0) is 0 Å². The smallest absolute Gasteiger partial charge is 0.129 e. The number of rotatable bonds is 2. The van der Waals surface area contributed by atoms with Crippen LogP contribution in [-0.2, 0) is 0 Å². The van der Waals surface area contributed by atoms with E-state index >= 15 is 0 Å². The fourth-order valence-corrected chi connectivity index (χ4v) is 0.807. The fourth-order valence-electron chi connectivity index (χ4n) is 0.807. The minimum absolute atomic E-state index is 0.0279. The Balaban J connectivity index is 3.02. The molecule has 0 heterocycles. The maximum atomic E-state index is 9.21. The second-order valence-corrected chi connectivity index (χ2v) is 2.15. The van der Waals surface area contributed by atoms with E-state index in [0.29, 0.717) is 5.56 Å². The van der Waals surface area contributed by atoms with Crippen molar-refractivity contribution in [3.05, 3.63) is 42.5 Å². The molecule has 0 amide bonds. The van der Waals surface area contributed by atoms with Crippen molar-refractivity contribution < 1.29 is 10.2 Å². The standard InChI is InChI=1S/C9H9O2/c1-2-8(10)7-5-3-4-6-9(7)11/h2-5,8,10-11H,1H2. The molecule has 0 aliphatic carbocycles. The van der Waals surface area contributed by atoms with Gasteiger partial charge in [0.05, 0.1) is 0 Å². The van der Waals surface area contributed by atoms with Crippen molar-refractivity contribution in [2.45, 2.75) is 6.10 Å². The van der Waals surface area contributed by atoms with Gasteiger partial charge in [-0.15, -0.1) is 6.58 Å². The molecular weight excluding hydrogens is 140 g/mol. The van der Waals surface area contributed by atoms with E-state index in [9.17, 15) is 5.11 Å². The van der Waals surface area contributed by atoms with Crippen LogP contribution in [0.1, 0.15) is 11.7 Å². The molecule has 0 bridgehead atoms. The van der Waals surface area contributed by atoms with E-state index < -0.39 is 6.10 Å². The zero-order valence-electron chi connectivity index (χ0n) is 5.99. The number of aromatic hydroxyl groups is 1. The molecule has 0 saturated heterocycles. The summed E-state index contributed by atoms with van der Waals surface area (Å²) in [5.41, 5.74) is 0.433. The van der Waals surface area contributed by atoms with Crippen LogP contribution in [0.5, 0.6) is 5.75 Å². The molecule has 1 aromatic rings. The fraction of sp³-hybridized carbons (Fsp3) is 0.111. The van der Waals surface area contributed by atoms with Crippen molar-refractivity contribution >= 4 is 0 Å². The minimum atomic E-state index is -0.813. The monoisotopic (exact) mass is 149 g/mol. The Bertz CT molecular complexity index is 255. The van der Waals surface area contributed by atoms with Crippen LogP contribution in [0.2, 0.25) is 0 Å². The Morgan fingerprint density at radius 3 is 2.91 bits per heavy atom. The third-order valence-electron chi connectivity index (χ3n) is 1.41. The molecule has 0 aliphatic heterocycles. The van der Waals surface area contributed by atoms with Crippen LogP contribution in [-0.4, -0.2) is 10.2 Å². The molecule has 1 aromatic carbocycles. The highest BCUT2D eigenvalue weighted by molar-refractivity contribution is 5.34. The van der Waals surface area contributed by atoms with E-state index in [4.69, 9.17) is 5.11 Å². The summed E-state index contributed by atoms with van der Waals surface area (Å²) in [6.07, 6.45) is 0.538. The largest absolute Gasteiger partial charge is 0.507 e. The molecule has 0 aliphatic rings. The summed E-state index contributed by atoms with van der Waals surface area (Å²) < 4.78 is 0. The van der Waals surface area contributed by atoms with Crippen molar-refractivity contribution in [3.8, 4) is 5.75 Å². The maximum Gasteiger partial charge on any atom is 0.129 e. The molecule has 11 heavy (non-hydrogen) atoms. The molecule has 1 radical (unpaired) electrons. The van der Waals surface area contributed by atoms with Crippen LogP contribution in [0.3, 0.4) is 0 Å². The van der Waals surface area contributed by atoms with Gasteiger partial charge in [-0.25, -0.2) is 0 Å². The molecule has 57 valence electrons. The van der Waals surface area contributed by atoms with Gasteiger partial charge < -0.3 is 10.2 Å². The Morgan fingerprint density at radius 1 is 1.64 bits per heavy atom. The first-order chi connectivity index (χ1) is 5.25. The van der Waals surface area contributed by atoms with Crippen LogP contribution >= 0.6 is 0 Å². The van der Waals surface area contributed by atoms with Gasteiger partial charge in [0.25, 0.3) is 0 Å². The van der Waals surface area contributed by atoms with Crippen molar-refractivity contribution in [2.24, 2.45) is 0 Å². The molecule has 0 saturated carbocycles. The highest BCUT2D eigenvalue weighted by Gasteiger charge is 2.06. The lowest BCUT2D eigenvalue weighted by atomic mass is 10.1. The van der Waals surface area contributed by atoms with Crippen LogP contribution < -0.4 is 0 Å². The van der Waals surface area contributed by atoms with Crippen LogP contribution in [0.25, 0.3) is 0 Å². The van der Waals surface area contributed by atoms with Gasteiger partial charge in [-0.1, -0.05) is 24.3 Å². The van der Waals surface area contributed by atoms with E-state index in [1.807, 2.05) is 0 Å². The van der Waals surface area contributed by atoms with Crippen molar-refractivity contribution in [1.82, 2.24) is 0 Å². The number of hydrogen-bond donors (Lipinski definition) is 2. The van der Waals surface area contributed by atoms with E-state index in [-0.39, 0.29) is 5.75 Å². The summed E-state index contributed by atoms with van der Waals surface area (Å²) in [4.78, 5) is 0. The quantitative estimate of drug-likeness (QED) is 0.624.